The topological polar surface area (TPSA) is 35.6 Å². The van der Waals surface area contributed by atoms with E-state index >= 15 is 0 Å². The smallest absolute Gasteiger partial charge is 0.317 e. The van der Waals surface area contributed by atoms with Gasteiger partial charge in [-0.25, -0.2) is 4.79 Å². The number of carbonyl (C=O) groups is 1. The van der Waals surface area contributed by atoms with Gasteiger partial charge in [0.1, 0.15) is 0 Å². The van der Waals surface area contributed by atoms with E-state index in [1.54, 1.807) is 0 Å². The summed E-state index contributed by atoms with van der Waals surface area (Å²) in [4.78, 5) is 16.0. The first kappa shape index (κ1) is 14.3. The van der Waals surface area contributed by atoms with E-state index in [1.165, 1.54) is 25.7 Å². The molecule has 4 heteroatoms. The Labute approximate surface area is 105 Å². The van der Waals surface area contributed by atoms with Gasteiger partial charge in [-0.2, -0.15) is 0 Å². The van der Waals surface area contributed by atoms with E-state index in [9.17, 15) is 4.79 Å². The molecule has 0 aromatic rings. The van der Waals surface area contributed by atoms with Crippen LogP contribution in [0, 0.1) is 0 Å². The quantitative estimate of drug-likeness (QED) is 0.798. The van der Waals surface area contributed by atoms with Crippen molar-refractivity contribution >= 4 is 6.03 Å². The molecule has 1 saturated carbocycles. The lowest BCUT2D eigenvalue weighted by Gasteiger charge is -2.37. The minimum atomic E-state index is 0.0723. The average Bonchev–Trinajstić information content (AvgIpc) is 2.78. The van der Waals surface area contributed by atoms with E-state index in [-0.39, 0.29) is 11.6 Å². The zero-order valence-corrected chi connectivity index (χ0v) is 11.8. The summed E-state index contributed by atoms with van der Waals surface area (Å²) in [6, 6.07) is 0.0723. The second-order valence-corrected chi connectivity index (χ2v) is 5.16. The van der Waals surface area contributed by atoms with Crippen molar-refractivity contribution in [3.8, 4) is 0 Å². The van der Waals surface area contributed by atoms with Crippen molar-refractivity contribution in [2.75, 3.05) is 33.7 Å². The third-order valence-electron chi connectivity index (χ3n) is 4.10. The summed E-state index contributed by atoms with van der Waals surface area (Å²) in [7, 11) is 4.24. The second-order valence-electron chi connectivity index (χ2n) is 5.16. The summed E-state index contributed by atoms with van der Waals surface area (Å²) in [6.07, 6.45) is 4.94. The van der Waals surface area contributed by atoms with Crippen molar-refractivity contribution < 1.29 is 4.79 Å². The molecule has 0 spiro atoms. The molecule has 1 N–H and O–H groups in total. The first-order chi connectivity index (χ1) is 8.05. The number of nitrogens with zero attached hydrogens (tertiary/aromatic N) is 2. The maximum atomic E-state index is 11.9. The van der Waals surface area contributed by atoms with Gasteiger partial charge in [-0.1, -0.05) is 12.8 Å². The largest absolute Gasteiger partial charge is 0.336 e. The lowest BCUT2D eigenvalue weighted by molar-refractivity contribution is 0.147. The van der Waals surface area contributed by atoms with Gasteiger partial charge in [0.15, 0.2) is 0 Å². The van der Waals surface area contributed by atoms with Crippen molar-refractivity contribution in [1.29, 1.82) is 0 Å². The van der Waals surface area contributed by atoms with Crippen LogP contribution >= 0.6 is 0 Å². The summed E-state index contributed by atoms with van der Waals surface area (Å²) >= 11 is 0. The van der Waals surface area contributed by atoms with Crippen LogP contribution in [0.4, 0.5) is 4.79 Å². The third-order valence-corrected chi connectivity index (χ3v) is 4.10. The van der Waals surface area contributed by atoms with Gasteiger partial charge in [0, 0.05) is 25.2 Å². The molecule has 0 bridgehead atoms. The minimum Gasteiger partial charge on any atom is -0.336 e. The van der Waals surface area contributed by atoms with Crippen LogP contribution < -0.4 is 5.32 Å². The predicted molar refractivity (Wildman–Crippen MR) is 71.2 cm³/mol. The molecule has 0 radical (unpaired) electrons. The highest BCUT2D eigenvalue weighted by atomic mass is 16.2. The van der Waals surface area contributed by atoms with Gasteiger partial charge in [-0.05, 0) is 40.8 Å². The summed E-state index contributed by atoms with van der Waals surface area (Å²) in [6.45, 7) is 6.35. The van der Waals surface area contributed by atoms with Crippen molar-refractivity contribution in [3.05, 3.63) is 0 Å². The number of nitrogens with one attached hydrogen (secondary N) is 1. The van der Waals surface area contributed by atoms with E-state index in [1.807, 2.05) is 18.7 Å². The Morgan fingerprint density at radius 1 is 1.18 bits per heavy atom. The lowest BCUT2D eigenvalue weighted by Crippen LogP contribution is -2.53. The number of likely N-dealkylation sites (N-methyl/N-ethyl adjacent to an activating group) is 1. The van der Waals surface area contributed by atoms with Crippen molar-refractivity contribution in [2.24, 2.45) is 0 Å². The molecule has 2 amide bonds. The molecule has 1 aliphatic rings. The fraction of sp³-hybridized carbons (Fsp3) is 0.923. The average molecular weight is 241 g/mol. The Kier molecular flexibility index (Phi) is 5.25. The fourth-order valence-corrected chi connectivity index (χ4v) is 2.68. The summed E-state index contributed by atoms with van der Waals surface area (Å²) in [5.74, 6) is 0. The molecule has 4 nitrogen and oxygen atoms in total. The van der Waals surface area contributed by atoms with Crippen LogP contribution in [-0.2, 0) is 0 Å². The molecule has 1 rings (SSSR count). The zero-order valence-electron chi connectivity index (χ0n) is 11.8. The standard InChI is InChI=1S/C13H27N3O/c1-5-16(6-2)12(17)14-11-13(15(3)4)9-7-8-10-13/h5-11H2,1-4H3,(H,14,17). The predicted octanol–water partition coefficient (Wildman–Crippen LogP) is 1.91. The molecular formula is C13H27N3O. The molecular weight excluding hydrogens is 214 g/mol. The number of urea groups is 1. The summed E-state index contributed by atoms with van der Waals surface area (Å²) in [5.41, 5.74) is 0.183. The van der Waals surface area contributed by atoms with Crippen LogP contribution in [0.3, 0.4) is 0 Å². The Bertz CT molecular complexity index is 243. The first-order valence-electron chi connectivity index (χ1n) is 6.76. The van der Waals surface area contributed by atoms with Crippen LogP contribution in [0.5, 0.6) is 0 Å². The molecule has 0 aromatic heterocycles. The molecule has 0 saturated heterocycles. The highest BCUT2D eigenvalue weighted by molar-refractivity contribution is 5.74. The van der Waals surface area contributed by atoms with Crippen LogP contribution in [-0.4, -0.2) is 55.1 Å². The van der Waals surface area contributed by atoms with E-state index in [2.05, 4.69) is 24.3 Å². The number of rotatable bonds is 5. The van der Waals surface area contributed by atoms with Crippen LogP contribution in [0.25, 0.3) is 0 Å². The molecule has 0 aromatic carbocycles. The Morgan fingerprint density at radius 3 is 2.12 bits per heavy atom. The molecule has 0 aliphatic heterocycles. The molecule has 1 fully saturated rings. The number of carbonyl (C=O) groups excluding carboxylic acids is 1. The van der Waals surface area contributed by atoms with Crippen molar-refractivity contribution in [2.45, 2.75) is 45.1 Å². The molecule has 0 heterocycles. The minimum absolute atomic E-state index is 0.0723. The van der Waals surface area contributed by atoms with Gasteiger partial charge in [0.25, 0.3) is 0 Å². The van der Waals surface area contributed by atoms with Gasteiger partial charge in [0.05, 0.1) is 0 Å². The number of hydrogen-bond donors (Lipinski definition) is 1. The maximum absolute atomic E-state index is 11.9. The SMILES string of the molecule is CCN(CC)C(=O)NCC1(N(C)C)CCCC1. The molecule has 0 unspecified atom stereocenters. The van der Waals surface area contributed by atoms with Crippen molar-refractivity contribution in [1.82, 2.24) is 15.1 Å². The van der Waals surface area contributed by atoms with E-state index in [0.29, 0.717) is 0 Å². The van der Waals surface area contributed by atoms with Gasteiger partial charge in [0.2, 0.25) is 0 Å². The van der Waals surface area contributed by atoms with Gasteiger partial charge >= 0.3 is 6.03 Å². The second kappa shape index (κ2) is 6.24. The fourth-order valence-electron chi connectivity index (χ4n) is 2.68. The molecule has 0 atom stereocenters. The normalized spacial score (nSPS) is 18.4. The molecule has 1 aliphatic carbocycles. The van der Waals surface area contributed by atoms with Gasteiger partial charge in [-0.3, -0.25) is 0 Å². The first-order valence-corrected chi connectivity index (χ1v) is 6.76. The highest BCUT2D eigenvalue weighted by Crippen LogP contribution is 2.33. The third kappa shape index (κ3) is 3.35. The van der Waals surface area contributed by atoms with Crippen LogP contribution in [0.2, 0.25) is 0 Å². The van der Waals surface area contributed by atoms with E-state index < -0.39 is 0 Å². The molecule has 100 valence electrons. The highest BCUT2D eigenvalue weighted by Gasteiger charge is 2.36. The van der Waals surface area contributed by atoms with E-state index in [4.69, 9.17) is 0 Å². The Balaban J connectivity index is 2.50. The monoisotopic (exact) mass is 241 g/mol. The van der Waals surface area contributed by atoms with Gasteiger partial charge in [-0.15, -0.1) is 0 Å². The van der Waals surface area contributed by atoms with Crippen LogP contribution in [0.1, 0.15) is 39.5 Å². The van der Waals surface area contributed by atoms with Gasteiger partial charge < -0.3 is 15.1 Å². The number of hydrogen-bond acceptors (Lipinski definition) is 2. The zero-order chi connectivity index (χ0) is 12.9. The summed E-state index contributed by atoms with van der Waals surface area (Å²) < 4.78 is 0. The molecule has 17 heavy (non-hydrogen) atoms. The van der Waals surface area contributed by atoms with E-state index in [0.717, 1.165) is 19.6 Å². The maximum Gasteiger partial charge on any atom is 0.317 e. The van der Waals surface area contributed by atoms with Crippen LogP contribution in [0.15, 0.2) is 0 Å². The summed E-state index contributed by atoms with van der Waals surface area (Å²) in [5, 5.41) is 3.09. The Hall–Kier alpha value is -0.770. The van der Waals surface area contributed by atoms with Crippen molar-refractivity contribution in [3.63, 3.8) is 0 Å². The number of amides is 2. The Morgan fingerprint density at radius 2 is 1.71 bits per heavy atom. The lowest BCUT2D eigenvalue weighted by atomic mass is 9.96.